The molecule has 2 unspecified atom stereocenters. The number of nitrogens with zero attached hydrogens (tertiary/aromatic N) is 2. The summed E-state index contributed by atoms with van der Waals surface area (Å²) in [4.78, 5) is 28.6. The fraction of sp³-hybridized carbons (Fsp3) is 0.333. The number of anilines is 1. The van der Waals surface area contributed by atoms with Crippen molar-refractivity contribution in [2.45, 2.75) is 64.1 Å². The van der Waals surface area contributed by atoms with E-state index in [-0.39, 0.29) is 23.4 Å². The van der Waals surface area contributed by atoms with Gasteiger partial charge < -0.3 is 10.2 Å². The minimum absolute atomic E-state index is 0.0509. The topological polar surface area (TPSA) is 86.8 Å². The van der Waals surface area contributed by atoms with Gasteiger partial charge in [-0.2, -0.15) is 0 Å². The van der Waals surface area contributed by atoms with E-state index < -0.39 is 28.5 Å². The molecule has 202 valence electrons. The van der Waals surface area contributed by atoms with Crippen LogP contribution in [0.3, 0.4) is 0 Å². The van der Waals surface area contributed by atoms with Crippen LogP contribution in [-0.4, -0.2) is 43.8 Å². The molecule has 2 atom stereocenters. The van der Waals surface area contributed by atoms with Crippen molar-refractivity contribution in [3.63, 3.8) is 0 Å². The maximum absolute atomic E-state index is 13.9. The summed E-state index contributed by atoms with van der Waals surface area (Å²) in [5, 5.41) is 2.95. The summed E-state index contributed by atoms with van der Waals surface area (Å²) in [6, 6.07) is 23.8. The van der Waals surface area contributed by atoms with Gasteiger partial charge in [-0.3, -0.25) is 13.9 Å². The van der Waals surface area contributed by atoms with E-state index in [2.05, 4.69) is 5.32 Å². The van der Waals surface area contributed by atoms with E-state index in [9.17, 15) is 18.0 Å². The number of hydrogen-bond acceptors (Lipinski definition) is 4. The first-order valence-corrected chi connectivity index (χ1v) is 14.4. The van der Waals surface area contributed by atoms with Crippen LogP contribution in [0, 0.1) is 0 Å². The van der Waals surface area contributed by atoms with Crippen molar-refractivity contribution in [2.75, 3.05) is 10.8 Å². The lowest BCUT2D eigenvalue weighted by molar-refractivity contribution is -0.139. The summed E-state index contributed by atoms with van der Waals surface area (Å²) in [7, 11) is -4.07. The van der Waals surface area contributed by atoms with Crippen molar-refractivity contribution in [3.8, 4) is 0 Å². The van der Waals surface area contributed by atoms with Gasteiger partial charge in [0.15, 0.2) is 0 Å². The minimum Gasteiger partial charge on any atom is -0.352 e. The molecule has 0 aliphatic carbocycles. The van der Waals surface area contributed by atoms with Gasteiger partial charge in [0.05, 0.1) is 10.6 Å². The van der Waals surface area contributed by atoms with Crippen LogP contribution in [0.25, 0.3) is 0 Å². The predicted molar refractivity (Wildman–Crippen MR) is 151 cm³/mol. The molecule has 0 fully saturated rings. The van der Waals surface area contributed by atoms with Gasteiger partial charge in [-0.15, -0.1) is 0 Å². The third kappa shape index (κ3) is 7.01. The molecule has 7 nitrogen and oxygen atoms in total. The number of carbonyl (C=O) groups is 2. The molecule has 0 aliphatic rings. The van der Waals surface area contributed by atoms with Gasteiger partial charge in [-0.1, -0.05) is 80.6 Å². The van der Waals surface area contributed by atoms with E-state index in [4.69, 9.17) is 0 Å². The maximum atomic E-state index is 13.9. The van der Waals surface area contributed by atoms with E-state index in [0.29, 0.717) is 12.1 Å². The van der Waals surface area contributed by atoms with Crippen LogP contribution in [0.15, 0.2) is 89.8 Å². The normalized spacial score (nSPS) is 12.8. The Labute approximate surface area is 226 Å². The Morgan fingerprint density at radius 3 is 2.03 bits per heavy atom. The van der Waals surface area contributed by atoms with Crippen molar-refractivity contribution in [2.24, 2.45) is 0 Å². The van der Waals surface area contributed by atoms with Gasteiger partial charge in [0.1, 0.15) is 12.6 Å². The number of para-hydroxylation sites is 1. The molecule has 0 saturated carbocycles. The first-order valence-electron chi connectivity index (χ1n) is 13.0. The van der Waals surface area contributed by atoms with Crippen LogP contribution in [0.5, 0.6) is 0 Å². The summed E-state index contributed by atoms with van der Waals surface area (Å²) in [5.41, 5.74) is 2.09. The second-order valence-electron chi connectivity index (χ2n) is 9.31. The number of aryl methyl sites for hydroxylation is 1. The Morgan fingerprint density at radius 2 is 1.42 bits per heavy atom. The number of amides is 2. The average Bonchev–Trinajstić information content (AvgIpc) is 2.94. The summed E-state index contributed by atoms with van der Waals surface area (Å²) >= 11 is 0. The highest BCUT2D eigenvalue weighted by molar-refractivity contribution is 7.92. The van der Waals surface area contributed by atoms with Crippen molar-refractivity contribution >= 4 is 27.5 Å². The Balaban J connectivity index is 2.03. The Kier molecular flexibility index (Phi) is 10.1. The van der Waals surface area contributed by atoms with E-state index >= 15 is 0 Å². The maximum Gasteiger partial charge on any atom is 0.264 e. The molecule has 0 saturated heterocycles. The predicted octanol–water partition coefficient (Wildman–Crippen LogP) is 4.78. The molecule has 0 aliphatic heterocycles. The molecule has 8 heteroatoms. The van der Waals surface area contributed by atoms with Crippen molar-refractivity contribution in [1.82, 2.24) is 10.2 Å². The summed E-state index contributed by atoms with van der Waals surface area (Å²) in [5.74, 6) is -0.749. The zero-order chi connectivity index (χ0) is 27.7. The van der Waals surface area contributed by atoms with Crippen LogP contribution < -0.4 is 9.62 Å². The van der Waals surface area contributed by atoms with Crippen LogP contribution in [0.2, 0.25) is 0 Å². The molecule has 0 radical (unpaired) electrons. The van der Waals surface area contributed by atoms with Crippen LogP contribution in [0.1, 0.15) is 45.2 Å². The molecule has 3 aromatic rings. The van der Waals surface area contributed by atoms with Crippen LogP contribution >= 0.6 is 0 Å². The molecule has 0 bridgehead atoms. The Hall–Kier alpha value is -3.65. The lowest BCUT2D eigenvalue weighted by atomic mass is 10.1. The molecule has 3 rings (SSSR count). The summed E-state index contributed by atoms with van der Waals surface area (Å²) in [6.45, 7) is 7.22. The number of carbonyl (C=O) groups excluding carboxylic acids is 2. The second kappa shape index (κ2) is 13.2. The molecular weight excluding hydrogens is 498 g/mol. The molecule has 1 N–H and O–H groups in total. The molecule has 0 aromatic heterocycles. The summed E-state index contributed by atoms with van der Waals surface area (Å²) in [6.07, 6.45) is 1.34. The number of hydrogen-bond donors (Lipinski definition) is 1. The molecule has 38 heavy (non-hydrogen) atoms. The lowest BCUT2D eigenvalue weighted by Crippen LogP contribution is -2.52. The number of benzene rings is 3. The van der Waals surface area contributed by atoms with Crippen molar-refractivity contribution < 1.29 is 18.0 Å². The number of rotatable bonds is 12. The van der Waals surface area contributed by atoms with Gasteiger partial charge in [-0.25, -0.2) is 8.42 Å². The highest BCUT2D eigenvalue weighted by atomic mass is 32.2. The fourth-order valence-corrected chi connectivity index (χ4v) is 5.59. The van der Waals surface area contributed by atoms with Gasteiger partial charge >= 0.3 is 0 Å². The van der Waals surface area contributed by atoms with Gasteiger partial charge in [-0.05, 0) is 56.0 Å². The van der Waals surface area contributed by atoms with Crippen molar-refractivity contribution in [1.29, 1.82) is 0 Å². The third-order valence-electron chi connectivity index (χ3n) is 6.62. The second-order valence-corrected chi connectivity index (χ2v) is 11.2. The van der Waals surface area contributed by atoms with Crippen LogP contribution in [0.4, 0.5) is 5.69 Å². The molecular formula is C30H37N3O4S. The minimum atomic E-state index is -4.07. The van der Waals surface area contributed by atoms with Gasteiger partial charge in [0.25, 0.3) is 10.0 Å². The van der Waals surface area contributed by atoms with E-state index in [1.807, 2.05) is 63.2 Å². The SMILES string of the molecule is CCc1ccccc1N(CC(=O)N(Cc1ccccc1)C(C)C(=O)NC(C)CC)S(=O)(=O)c1ccccc1. The highest BCUT2D eigenvalue weighted by Gasteiger charge is 2.33. The zero-order valence-electron chi connectivity index (χ0n) is 22.5. The molecule has 0 heterocycles. The van der Waals surface area contributed by atoms with Gasteiger partial charge in [0, 0.05) is 12.6 Å². The molecule has 0 spiro atoms. The quantitative estimate of drug-likeness (QED) is 0.362. The van der Waals surface area contributed by atoms with E-state index in [0.717, 1.165) is 17.5 Å². The van der Waals surface area contributed by atoms with Crippen molar-refractivity contribution in [3.05, 3.63) is 96.1 Å². The first kappa shape index (κ1) is 28.9. The smallest absolute Gasteiger partial charge is 0.264 e. The van der Waals surface area contributed by atoms with E-state index in [1.54, 1.807) is 37.3 Å². The standard InChI is InChI=1S/C30H37N3O4S/c1-5-23(3)31-30(35)24(4)32(21-25-15-9-7-10-16-25)29(34)22-33(28-20-14-13-17-26(28)6-2)38(36,37)27-18-11-8-12-19-27/h7-20,23-24H,5-6,21-22H2,1-4H3,(H,31,35). The fourth-order valence-electron chi connectivity index (χ4n) is 4.11. The lowest BCUT2D eigenvalue weighted by Gasteiger charge is -2.33. The van der Waals surface area contributed by atoms with Crippen LogP contribution in [-0.2, 0) is 32.6 Å². The molecule has 3 aromatic carbocycles. The largest absolute Gasteiger partial charge is 0.352 e. The number of sulfonamides is 1. The molecule has 2 amide bonds. The Morgan fingerprint density at radius 1 is 0.842 bits per heavy atom. The third-order valence-corrected chi connectivity index (χ3v) is 8.39. The monoisotopic (exact) mass is 535 g/mol. The number of nitrogens with one attached hydrogen (secondary N) is 1. The Bertz CT molecular complexity index is 1310. The zero-order valence-corrected chi connectivity index (χ0v) is 23.3. The summed E-state index contributed by atoms with van der Waals surface area (Å²) < 4.78 is 28.9. The highest BCUT2D eigenvalue weighted by Crippen LogP contribution is 2.28. The first-order chi connectivity index (χ1) is 18.2. The average molecular weight is 536 g/mol. The van der Waals surface area contributed by atoms with Gasteiger partial charge in [0.2, 0.25) is 11.8 Å². The van der Waals surface area contributed by atoms with E-state index in [1.165, 1.54) is 21.3 Å².